The van der Waals surface area contributed by atoms with Gasteiger partial charge in [-0.1, -0.05) is 12.8 Å². The maximum absolute atomic E-state index is 12.8. The van der Waals surface area contributed by atoms with Gasteiger partial charge >= 0.3 is 0 Å². The van der Waals surface area contributed by atoms with Crippen molar-refractivity contribution in [3.05, 3.63) is 23.3 Å². The van der Waals surface area contributed by atoms with Gasteiger partial charge in [0.15, 0.2) is 0 Å². The summed E-state index contributed by atoms with van der Waals surface area (Å²) in [5.41, 5.74) is 1.68. The van der Waals surface area contributed by atoms with E-state index in [0.717, 1.165) is 42.6 Å². The van der Waals surface area contributed by atoms with Crippen molar-refractivity contribution in [2.75, 3.05) is 20.2 Å². The van der Waals surface area contributed by atoms with Crippen molar-refractivity contribution in [3.63, 3.8) is 0 Å². The van der Waals surface area contributed by atoms with Gasteiger partial charge < -0.3 is 4.74 Å². The number of hydrogen-bond donors (Lipinski definition) is 0. The number of nitrogens with zero attached hydrogens (tertiary/aromatic N) is 1. The average molecular weight is 297 g/mol. The molecule has 4 nitrogen and oxygen atoms in total. The van der Waals surface area contributed by atoms with E-state index in [2.05, 4.69) is 0 Å². The second kappa shape index (κ2) is 6.14. The Morgan fingerprint density at radius 1 is 1.00 bits per heavy atom. The zero-order valence-corrected chi connectivity index (χ0v) is 13.3. The standard InChI is InChI=1S/C15H23NO3S/c1-12-13(2)15(9-8-14(12)19-3)20(17,18)16-10-6-4-5-7-11-16/h8-9H,4-7,10-11H2,1-3H3. The lowest BCUT2D eigenvalue weighted by Crippen LogP contribution is -2.32. The van der Waals surface area contributed by atoms with Gasteiger partial charge in [-0.3, -0.25) is 0 Å². The Labute approximate surface area is 121 Å². The summed E-state index contributed by atoms with van der Waals surface area (Å²) in [5.74, 6) is 0.734. The summed E-state index contributed by atoms with van der Waals surface area (Å²) in [6.07, 6.45) is 4.14. The van der Waals surface area contributed by atoms with E-state index in [1.807, 2.05) is 13.8 Å². The van der Waals surface area contributed by atoms with E-state index in [9.17, 15) is 8.42 Å². The van der Waals surface area contributed by atoms with Crippen LogP contribution >= 0.6 is 0 Å². The Hall–Kier alpha value is -1.07. The van der Waals surface area contributed by atoms with E-state index in [1.165, 1.54) is 0 Å². The van der Waals surface area contributed by atoms with Crippen LogP contribution in [0.4, 0.5) is 0 Å². The molecule has 0 radical (unpaired) electrons. The highest BCUT2D eigenvalue weighted by Crippen LogP contribution is 2.29. The van der Waals surface area contributed by atoms with Crippen LogP contribution < -0.4 is 4.74 Å². The quantitative estimate of drug-likeness (QED) is 0.862. The van der Waals surface area contributed by atoms with Crippen molar-refractivity contribution in [1.82, 2.24) is 4.31 Å². The van der Waals surface area contributed by atoms with Crippen LogP contribution in [0.25, 0.3) is 0 Å². The van der Waals surface area contributed by atoms with Crippen LogP contribution in [0.1, 0.15) is 36.8 Å². The summed E-state index contributed by atoms with van der Waals surface area (Å²) in [6.45, 7) is 5.01. The molecule has 0 saturated carbocycles. The van der Waals surface area contributed by atoms with Gasteiger partial charge in [0.1, 0.15) is 5.75 Å². The SMILES string of the molecule is COc1ccc(S(=O)(=O)N2CCCCCC2)c(C)c1C. The Bertz CT molecular complexity index is 573. The number of rotatable bonds is 3. The van der Waals surface area contributed by atoms with E-state index in [-0.39, 0.29) is 0 Å². The average Bonchev–Trinajstić information content (AvgIpc) is 2.71. The first-order chi connectivity index (χ1) is 9.48. The highest BCUT2D eigenvalue weighted by Gasteiger charge is 2.27. The van der Waals surface area contributed by atoms with Gasteiger partial charge in [-0.2, -0.15) is 4.31 Å². The summed E-state index contributed by atoms with van der Waals surface area (Å²) >= 11 is 0. The maximum Gasteiger partial charge on any atom is 0.243 e. The first-order valence-corrected chi connectivity index (χ1v) is 8.57. The van der Waals surface area contributed by atoms with Crippen LogP contribution in [0.2, 0.25) is 0 Å². The molecular formula is C15H23NO3S. The molecule has 0 spiro atoms. The van der Waals surface area contributed by atoms with Gasteiger partial charge in [0.2, 0.25) is 10.0 Å². The fraction of sp³-hybridized carbons (Fsp3) is 0.600. The smallest absolute Gasteiger partial charge is 0.243 e. The van der Waals surface area contributed by atoms with E-state index < -0.39 is 10.0 Å². The predicted octanol–water partition coefficient (Wildman–Crippen LogP) is 2.88. The van der Waals surface area contributed by atoms with Crippen molar-refractivity contribution in [1.29, 1.82) is 0 Å². The minimum atomic E-state index is -3.39. The predicted molar refractivity (Wildman–Crippen MR) is 79.7 cm³/mol. The lowest BCUT2D eigenvalue weighted by Gasteiger charge is -2.22. The fourth-order valence-electron chi connectivity index (χ4n) is 2.69. The van der Waals surface area contributed by atoms with Gasteiger partial charge in [0, 0.05) is 13.1 Å². The zero-order valence-electron chi connectivity index (χ0n) is 12.5. The molecule has 5 heteroatoms. The molecule has 1 aromatic carbocycles. The first kappa shape index (κ1) is 15.3. The number of ether oxygens (including phenoxy) is 1. The zero-order chi connectivity index (χ0) is 14.8. The second-order valence-corrected chi connectivity index (χ2v) is 7.24. The molecule has 1 saturated heterocycles. The lowest BCUT2D eigenvalue weighted by atomic mass is 10.1. The van der Waals surface area contributed by atoms with Crippen molar-refractivity contribution in [3.8, 4) is 5.75 Å². The highest BCUT2D eigenvalue weighted by atomic mass is 32.2. The van der Waals surface area contributed by atoms with Gasteiger partial charge in [-0.25, -0.2) is 8.42 Å². The normalized spacial score (nSPS) is 17.8. The maximum atomic E-state index is 12.8. The van der Waals surface area contributed by atoms with Crippen LogP contribution in [0.3, 0.4) is 0 Å². The molecule has 20 heavy (non-hydrogen) atoms. The molecule has 0 atom stereocenters. The molecule has 1 aliphatic rings. The van der Waals surface area contributed by atoms with Crippen LogP contribution in [0.15, 0.2) is 17.0 Å². The summed E-state index contributed by atoms with van der Waals surface area (Å²) in [4.78, 5) is 0.415. The van der Waals surface area contributed by atoms with Crippen LogP contribution in [0.5, 0.6) is 5.75 Å². The number of hydrogen-bond acceptors (Lipinski definition) is 3. The van der Waals surface area contributed by atoms with Crippen LogP contribution in [0, 0.1) is 13.8 Å². The molecule has 0 unspecified atom stereocenters. The highest BCUT2D eigenvalue weighted by molar-refractivity contribution is 7.89. The van der Waals surface area contributed by atoms with Gasteiger partial charge in [0.05, 0.1) is 12.0 Å². The summed E-state index contributed by atoms with van der Waals surface area (Å²) < 4.78 is 32.5. The Balaban J connectivity index is 2.41. The molecule has 2 rings (SSSR count). The Morgan fingerprint density at radius 2 is 1.60 bits per heavy atom. The number of sulfonamides is 1. The van der Waals surface area contributed by atoms with E-state index in [4.69, 9.17) is 4.74 Å². The third kappa shape index (κ3) is 2.83. The number of benzene rings is 1. The molecule has 0 bridgehead atoms. The first-order valence-electron chi connectivity index (χ1n) is 7.13. The van der Waals surface area contributed by atoms with Crippen LogP contribution in [-0.4, -0.2) is 32.9 Å². The molecule has 1 fully saturated rings. The molecular weight excluding hydrogens is 274 g/mol. The van der Waals surface area contributed by atoms with E-state index in [0.29, 0.717) is 18.0 Å². The summed E-state index contributed by atoms with van der Waals surface area (Å²) in [5, 5.41) is 0. The topological polar surface area (TPSA) is 46.6 Å². The molecule has 0 aliphatic carbocycles. The van der Waals surface area contributed by atoms with E-state index in [1.54, 1.807) is 23.5 Å². The molecule has 112 valence electrons. The van der Waals surface area contributed by atoms with Crippen molar-refractivity contribution >= 4 is 10.0 Å². The van der Waals surface area contributed by atoms with E-state index >= 15 is 0 Å². The summed E-state index contributed by atoms with van der Waals surface area (Å²) in [7, 11) is -1.78. The van der Waals surface area contributed by atoms with Crippen molar-refractivity contribution < 1.29 is 13.2 Å². The lowest BCUT2D eigenvalue weighted by molar-refractivity contribution is 0.409. The molecule has 0 N–H and O–H groups in total. The third-order valence-electron chi connectivity index (χ3n) is 4.09. The summed E-state index contributed by atoms with van der Waals surface area (Å²) in [6, 6.07) is 3.41. The van der Waals surface area contributed by atoms with Gasteiger partial charge in [-0.05, 0) is 49.9 Å². The minimum Gasteiger partial charge on any atom is -0.496 e. The third-order valence-corrected chi connectivity index (χ3v) is 6.13. The van der Waals surface area contributed by atoms with Crippen molar-refractivity contribution in [2.45, 2.75) is 44.4 Å². The van der Waals surface area contributed by atoms with Gasteiger partial charge in [-0.15, -0.1) is 0 Å². The Kier molecular flexibility index (Phi) is 4.70. The number of methoxy groups -OCH3 is 1. The van der Waals surface area contributed by atoms with Gasteiger partial charge in [0.25, 0.3) is 0 Å². The molecule has 1 aromatic rings. The molecule has 1 aliphatic heterocycles. The monoisotopic (exact) mass is 297 g/mol. The fourth-order valence-corrected chi connectivity index (χ4v) is 4.49. The van der Waals surface area contributed by atoms with Crippen LogP contribution in [-0.2, 0) is 10.0 Å². The second-order valence-electron chi connectivity index (χ2n) is 5.33. The minimum absolute atomic E-state index is 0.415. The molecule has 0 amide bonds. The Morgan fingerprint density at radius 3 is 2.15 bits per heavy atom. The molecule has 0 aromatic heterocycles. The molecule has 1 heterocycles. The largest absolute Gasteiger partial charge is 0.496 e. The van der Waals surface area contributed by atoms with Crippen molar-refractivity contribution in [2.24, 2.45) is 0 Å².